The molecule has 1 atom stereocenters. The van der Waals surface area contributed by atoms with E-state index in [0.717, 1.165) is 16.0 Å². The summed E-state index contributed by atoms with van der Waals surface area (Å²) in [6.45, 7) is 7.26. The highest BCUT2D eigenvalue weighted by atomic mass is 32.2. The van der Waals surface area contributed by atoms with E-state index in [1.807, 2.05) is 13.8 Å². The van der Waals surface area contributed by atoms with Crippen molar-refractivity contribution in [3.05, 3.63) is 77.0 Å². The molecular weight excluding hydrogens is 497 g/mol. The number of aryl methyl sites for hydroxylation is 1. The van der Waals surface area contributed by atoms with Crippen LogP contribution in [-0.4, -0.2) is 56.0 Å². The Bertz CT molecular complexity index is 1320. The number of hydrogen-bond donors (Lipinski definition) is 3. The van der Waals surface area contributed by atoms with Crippen molar-refractivity contribution < 1.29 is 25.0 Å². The first-order chi connectivity index (χ1) is 17.2. The van der Waals surface area contributed by atoms with Crippen molar-refractivity contribution in [3.63, 3.8) is 0 Å². The summed E-state index contributed by atoms with van der Waals surface area (Å²) in [6.07, 6.45) is 1.58. The summed E-state index contributed by atoms with van der Waals surface area (Å²) in [6, 6.07) is 12.0. The fourth-order valence-electron chi connectivity index (χ4n) is 3.51. The van der Waals surface area contributed by atoms with E-state index >= 15 is 0 Å². The average molecular weight is 530 g/mol. The van der Waals surface area contributed by atoms with Crippen molar-refractivity contribution in [1.29, 1.82) is 10.8 Å². The lowest BCUT2D eigenvalue weighted by atomic mass is 10.1. The van der Waals surface area contributed by atoms with Gasteiger partial charge < -0.3 is 20.3 Å². The van der Waals surface area contributed by atoms with Crippen LogP contribution in [0, 0.1) is 23.6 Å². The predicted molar refractivity (Wildman–Crippen MR) is 142 cm³/mol. The van der Waals surface area contributed by atoms with Crippen LogP contribution in [0.5, 0.6) is 0 Å². The van der Waals surface area contributed by atoms with Gasteiger partial charge in [0.05, 0.1) is 53.2 Å². The Hall–Kier alpha value is -3.38. The Kier molecular flexibility index (Phi) is 9.33. The van der Waals surface area contributed by atoms with E-state index in [0.29, 0.717) is 31.1 Å². The molecule has 0 radical (unpaired) electrons. The van der Waals surface area contributed by atoms with Crippen LogP contribution in [0.2, 0.25) is 0 Å². The summed E-state index contributed by atoms with van der Waals surface area (Å²) in [5, 5.41) is 19.8. The first-order valence-corrected chi connectivity index (χ1v) is 12.7. The monoisotopic (exact) mass is 529 g/mol. The minimum Gasteiger partial charge on any atom is -0.419 e. The summed E-state index contributed by atoms with van der Waals surface area (Å²) >= 11 is 0. The van der Waals surface area contributed by atoms with Crippen molar-refractivity contribution >= 4 is 22.6 Å². The summed E-state index contributed by atoms with van der Waals surface area (Å²) in [5.41, 5.74) is 2.51. The van der Waals surface area contributed by atoms with E-state index in [9.17, 15) is 8.60 Å². The zero-order valence-electron chi connectivity index (χ0n) is 20.8. The van der Waals surface area contributed by atoms with Gasteiger partial charge in [-0.3, -0.25) is 20.0 Å². The molecule has 1 aromatic heterocycles. The second-order valence-corrected chi connectivity index (χ2v) is 10.8. The van der Waals surface area contributed by atoms with E-state index in [1.54, 1.807) is 43.5 Å². The number of nitrogens with one attached hydrogen (secondary N) is 3. The number of rotatable bonds is 8. The van der Waals surface area contributed by atoms with E-state index in [1.165, 1.54) is 12.1 Å². The third-order valence-corrected chi connectivity index (χ3v) is 7.29. The van der Waals surface area contributed by atoms with Crippen LogP contribution in [0.3, 0.4) is 0 Å². The average Bonchev–Trinajstić information content (AvgIpc) is 2.83. The van der Waals surface area contributed by atoms with Gasteiger partial charge >= 0.3 is 0 Å². The molecule has 0 amide bonds. The fourth-order valence-corrected chi connectivity index (χ4v) is 4.46. The van der Waals surface area contributed by atoms with E-state index in [4.69, 9.17) is 20.3 Å². The Morgan fingerprint density at radius 2 is 1.92 bits per heavy atom. The standard InChI is InChI=1S/C26H28FN5O3S.H2O.H2/c1-15(2)36(33)20-7-5-18(6-8-20)23-12-30-16(3)24(32-23)26(29)35-25(28)21-9-4-17(10-22(21)27)11-31-19-13-34-14-19;;/h4-10,12,15,19,28-29,31H,11,13-14H2,1-3H3;1H2;1H. The number of benzene rings is 2. The molecule has 4 rings (SSSR count). The third-order valence-electron chi connectivity index (χ3n) is 5.70. The molecule has 5 N–H and O–H groups in total. The molecule has 3 aromatic rings. The first kappa shape index (κ1) is 28.2. The maximum Gasteiger partial charge on any atom is 0.241 e. The van der Waals surface area contributed by atoms with Gasteiger partial charge in [0.1, 0.15) is 11.5 Å². The van der Waals surface area contributed by atoms with Gasteiger partial charge in [-0.05, 0) is 36.8 Å². The fraction of sp³-hybridized carbons (Fsp3) is 0.308. The number of nitrogens with zero attached hydrogens (tertiary/aromatic N) is 2. The van der Waals surface area contributed by atoms with E-state index in [-0.39, 0.29) is 29.5 Å². The zero-order chi connectivity index (χ0) is 25.8. The van der Waals surface area contributed by atoms with Crippen molar-refractivity contribution in [3.8, 4) is 11.3 Å². The van der Waals surface area contributed by atoms with Crippen LogP contribution >= 0.6 is 0 Å². The lowest BCUT2D eigenvalue weighted by molar-refractivity contribution is -0.00579. The molecule has 0 saturated carbocycles. The second kappa shape index (κ2) is 12.2. The second-order valence-electron chi connectivity index (χ2n) is 8.75. The van der Waals surface area contributed by atoms with E-state index < -0.39 is 28.4 Å². The van der Waals surface area contributed by atoms with Gasteiger partial charge in [-0.1, -0.05) is 32.0 Å². The molecule has 2 heterocycles. The lowest BCUT2D eigenvalue weighted by Crippen LogP contribution is -2.45. The van der Waals surface area contributed by atoms with Gasteiger partial charge in [-0.2, -0.15) is 0 Å². The Labute approximate surface area is 218 Å². The van der Waals surface area contributed by atoms with Gasteiger partial charge in [0.25, 0.3) is 0 Å². The number of halogens is 1. The maximum absolute atomic E-state index is 14.7. The zero-order valence-corrected chi connectivity index (χ0v) is 21.6. The molecule has 1 aliphatic rings. The van der Waals surface area contributed by atoms with Crippen molar-refractivity contribution in [2.24, 2.45) is 0 Å². The quantitative estimate of drug-likeness (QED) is 0.300. The molecule has 1 unspecified atom stereocenters. The minimum atomic E-state index is -1.10. The molecular formula is C26H32FN5O4S. The van der Waals surface area contributed by atoms with Crippen LogP contribution < -0.4 is 5.32 Å². The Balaban J connectivity index is 0.00000253. The smallest absolute Gasteiger partial charge is 0.241 e. The van der Waals surface area contributed by atoms with Crippen LogP contribution in [0.4, 0.5) is 4.39 Å². The highest BCUT2D eigenvalue weighted by Crippen LogP contribution is 2.21. The van der Waals surface area contributed by atoms with Crippen molar-refractivity contribution in [2.45, 2.75) is 43.5 Å². The third kappa shape index (κ3) is 6.69. The van der Waals surface area contributed by atoms with Crippen LogP contribution in [-0.2, 0) is 26.8 Å². The summed E-state index contributed by atoms with van der Waals surface area (Å²) in [5.74, 6) is -1.50. The lowest BCUT2D eigenvalue weighted by Gasteiger charge is -2.27. The van der Waals surface area contributed by atoms with Crippen LogP contribution in [0.15, 0.2) is 53.6 Å². The highest BCUT2D eigenvalue weighted by molar-refractivity contribution is 7.85. The molecule has 0 bridgehead atoms. The normalized spacial score (nSPS) is 14.0. The molecule has 11 heteroatoms. The molecule has 9 nitrogen and oxygen atoms in total. The van der Waals surface area contributed by atoms with Gasteiger partial charge in [-0.25, -0.2) is 9.37 Å². The molecule has 1 fully saturated rings. The summed E-state index contributed by atoms with van der Waals surface area (Å²) in [7, 11) is -1.10. The van der Waals surface area contributed by atoms with Gasteiger partial charge in [0, 0.05) is 23.7 Å². The Morgan fingerprint density at radius 3 is 2.51 bits per heavy atom. The van der Waals surface area contributed by atoms with Gasteiger partial charge in [0.2, 0.25) is 11.8 Å². The number of hydrogen-bond acceptors (Lipinski definition) is 8. The number of ether oxygens (including phenoxy) is 2. The maximum atomic E-state index is 14.7. The van der Waals surface area contributed by atoms with Crippen LogP contribution in [0.25, 0.3) is 11.3 Å². The number of aromatic nitrogens is 2. The molecule has 1 saturated heterocycles. The molecule has 2 aromatic carbocycles. The van der Waals surface area contributed by atoms with Gasteiger partial charge in [0.15, 0.2) is 0 Å². The topological polar surface area (TPSA) is 153 Å². The molecule has 1 aliphatic heterocycles. The highest BCUT2D eigenvalue weighted by Gasteiger charge is 2.19. The summed E-state index contributed by atoms with van der Waals surface area (Å²) in [4.78, 5) is 9.53. The van der Waals surface area contributed by atoms with E-state index in [2.05, 4.69) is 15.3 Å². The molecule has 0 aliphatic carbocycles. The minimum absolute atomic E-state index is 0. The van der Waals surface area contributed by atoms with Crippen LogP contribution in [0.1, 0.15) is 37.8 Å². The van der Waals surface area contributed by atoms with Gasteiger partial charge in [-0.15, -0.1) is 0 Å². The predicted octanol–water partition coefficient (Wildman–Crippen LogP) is 3.38. The molecule has 37 heavy (non-hydrogen) atoms. The first-order valence-electron chi connectivity index (χ1n) is 11.5. The molecule has 198 valence electrons. The molecule has 0 spiro atoms. The summed E-state index contributed by atoms with van der Waals surface area (Å²) < 4.78 is 37.5. The van der Waals surface area contributed by atoms with Crippen molar-refractivity contribution in [2.75, 3.05) is 13.2 Å². The largest absolute Gasteiger partial charge is 0.419 e. The SMILES string of the molecule is Cc1ncc(-c2ccc(S(=O)C(C)C)cc2)nc1C(=N)OC(=N)c1ccc(CNC2COC2)cc1F.O.[HH]. The van der Waals surface area contributed by atoms with Crippen molar-refractivity contribution in [1.82, 2.24) is 15.3 Å². The Morgan fingerprint density at radius 1 is 1.22 bits per heavy atom.